The van der Waals surface area contributed by atoms with Crippen LogP contribution in [0.15, 0.2) is 85.2 Å². The molecule has 0 saturated carbocycles. The topological polar surface area (TPSA) is 9.86 Å². The summed E-state index contributed by atoms with van der Waals surface area (Å²) in [6.07, 6.45) is -0.0410. The van der Waals surface area contributed by atoms with Crippen LogP contribution in [0, 0.1) is 0 Å². The molecule has 0 unspecified atom stereocenters. The Bertz CT molecular complexity index is 1340. The number of aryl methyl sites for hydroxylation is 2. The first-order valence-corrected chi connectivity index (χ1v) is 11.2. The number of fused-ring (bicyclic) bond motifs is 2. The third kappa shape index (κ3) is 3.62. The predicted molar refractivity (Wildman–Crippen MR) is 128 cm³/mol. The highest BCUT2D eigenvalue weighted by Crippen LogP contribution is 2.41. The van der Waals surface area contributed by atoms with Crippen molar-refractivity contribution in [2.24, 2.45) is 0 Å². The van der Waals surface area contributed by atoms with E-state index < -0.39 is 11.7 Å². The molecule has 0 saturated heterocycles. The van der Waals surface area contributed by atoms with Gasteiger partial charge in [0.2, 0.25) is 0 Å². The molecule has 0 radical (unpaired) electrons. The van der Waals surface area contributed by atoms with Crippen molar-refractivity contribution in [1.82, 2.24) is 9.13 Å². The summed E-state index contributed by atoms with van der Waals surface area (Å²) >= 11 is 0. The summed E-state index contributed by atoms with van der Waals surface area (Å²) in [5, 5.41) is 2.25. The van der Waals surface area contributed by atoms with E-state index >= 15 is 0 Å². The summed E-state index contributed by atoms with van der Waals surface area (Å²) in [6, 6.07) is 22.1. The molecule has 0 fully saturated rings. The van der Waals surface area contributed by atoms with Crippen molar-refractivity contribution < 1.29 is 13.2 Å². The van der Waals surface area contributed by atoms with Crippen molar-refractivity contribution in [3.05, 3.63) is 107 Å². The van der Waals surface area contributed by atoms with Crippen molar-refractivity contribution in [2.75, 3.05) is 0 Å². The van der Waals surface area contributed by atoms with Gasteiger partial charge in [-0.05, 0) is 54.8 Å². The molecule has 0 spiro atoms. The van der Waals surface area contributed by atoms with Crippen LogP contribution in [0.25, 0.3) is 21.8 Å². The lowest BCUT2D eigenvalue weighted by atomic mass is 9.84. The number of hydrogen-bond donors (Lipinski definition) is 0. The van der Waals surface area contributed by atoms with Gasteiger partial charge in [-0.2, -0.15) is 13.2 Å². The van der Waals surface area contributed by atoms with Crippen molar-refractivity contribution in [1.29, 1.82) is 0 Å². The molecule has 168 valence electrons. The zero-order chi connectivity index (χ0) is 23.2. The average Bonchev–Trinajstić information content (AvgIpc) is 3.38. The fourth-order valence-electron chi connectivity index (χ4n) is 4.92. The third-order valence-electron chi connectivity index (χ3n) is 6.51. The highest BCUT2D eigenvalue weighted by atomic mass is 19.4. The van der Waals surface area contributed by atoms with Gasteiger partial charge < -0.3 is 9.13 Å². The van der Waals surface area contributed by atoms with Gasteiger partial charge in [0, 0.05) is 53.2 Å². The Morgan fingerprint density at radius 1 is 0.667 bits per heavy atom. The Hall–Kier alpha value is -3.47. The van der Waals surface area contributed by atoms with E-state index in [9.17, 15) is 13.2 Å². The van der Waals surface area contributed by atoms with E-state index in [-0.39, 0.29) is 5.92 Å². The highest BCUT2D eigenvalue weighted by Gasteiger charge is 2.31. The smallest absolute Gasteiger partial charge is 0.347 e. The maximum Gasteiger partial charge on any atom is 0.416 e. The molecule has 0 aliphatic carbocycles. The number of alkyl halides is 3. The molecule has 3 aromatic carbocycles. The van der Waals surface area contributed by atoms with Crippen molar-refractivity contribution in [3.8, 4) is 0 Å². The molecule has 0 bridgehead atoms. The molecule has 5 rings (SSSR count). The number of para-hydroxylation sites is 2. The molecular weight excluding hydrogens is 421 g/mol. The monoisotopic (exact) mass is 446 g/mol. The molecule has 5 heteroatoms. The summed E-state index contributed by atoms with van der Waals surface area (Å²) in [4.78, 5) is 0. The van der Waals surface area contributed by atoms with Gasteiger partial charge in [0.15, 0.2) is 0 Å². The molecule has 2 heterocycles. The zero-order valence-electron chi connectivity index (χ0n) is 18.6. The molecule has 0 atom stereocenters. The van der Waals surface area contributed by atoms with Gasteiger partial charge >= 0.3 is 6.18 Å². The van der Waals surface area contributed by atoms with Crippen LogP contribution < -0.4 is 0 Å². The number of nitrogens with zero attached hydrogens (tertiary/aromatic N) is 2. The predicted octanol–water partition coefficient (Wildman–Crippen LogP) is 7.83. The second-order valence-electron chi connectivity index (χ2n) is 8.33. The second-order valence-corrected chi connectivity index (χ2v) is 8.33. The van der Waals surface area contributed by atoms with Gasteiger partial charge in [-0.25, -0.2) is 0 Å². The van der Waals surface area contributed by atoms with Crippen molar-refractivity contribution in [2.45, 2.75) is 39.0 Å². The normalized spacial score (nSPS) is 12.3. The largest absolute Gasteiger partial charge is 0.416 e. The molecule has 0 aliphatic heterocycles. The van der Waals surface area contributed by atoms with Crippen LogP contribution in [0.4, 0.5) is 13.2 Å². The van der Waals surface area contributed by atoms with E-state index in [1.54, 1.807) is 12.1 Å². The minimum atomic E-state index is -4.36. The molecule has 33 heavy (non-hydrogen) atoms. The van der Waals surface area contributed by atoms with Crippen LogP contribution in [-0.4, -0.2) is 9.13 Å². The Morgan fingerprint density at radius 2 is 1.12 bits per heavy atom. The fraction of sp³-hybridized carbons (Fsp3) is 0.214. The van der Waals surface area contributed by atoms with E-state index in [0.717, 1.165) is 51.6 Å². The van der Waals surface area contributed by atoms with Crippen LogP contribution >= 0.6 is 0 Å². The molecule has 0 amide bonds. The third-order valence-corrected chi connectivity index (χ3v) is 6.51. The van der Waals surface area contributed by atoms with Gasteiger partial charge in [-0.3, -0.25) is 0 Å². The Morgan fingerprint density at radius 3 is 1.55 bits per heavy atom. The first-order chi connectivity index (χ1) is 15.9. The fourth-order valence-corrected chi connectivity index (χ4v) is 4.92. The number of hydrogen-bond acceptors (Lipinski definition) is 0. The Kier molecular flexibility index (Phi) is 5.28. The maximum atomic E-state index is 13.3. The summed E-state index contributed by atoms with van der Waals surface area (Å²) in [6.45, 7) is 5.84. The van der Waals surface area contributed by atoms with Gasteiger partial charge in [0.25, 0.3) is 0 Å². The van der Waals surface area contributed by atoms with Gasteiger partial charge in [0.1, 0.15) is 0 Å². The highest BCUT2D eigenvalue weighted by molar-refractivity contribution is 5.89. The molecule has 0 aliphatic rings. The minimum absolute atomic E-state index is 0.192. The molecule has 0 N–H and O–H groups in total. The van der Waals surface area contributed by atoms with Gasteiger partial charge in [0.05, 0.1) is 5.56 Å². The number of rotatable bonds is 5. The molecule has 2 nitrogen and oxygen atoms in total. The minimum Gasteiger partial charge on any atom is -0.347 e. The van der Waals surface area contributed by atoms with Crippen molar-refractivity contribution >= 4 is 21.8 Å². The average molecular weight is 447 g/mol. The standard InChI is InChI=1S/C28H25F3N2/c1-3-32-17-23(21-9-5-7-11-25(21)32)27(19-13-15-20(16-14-19)28(29,30)31)24-18-33(4-2)26-12-8-6-10-22(24)26/h5-18,27H,3-4H2,1-2H3. The van der Waals surface area contributed by atoms with Gasteiger partial charge in [-0.15, -0.1) is 0 Å². The second kappa shape index (κ2) is 8.14. The van der Waals surface area contributed by atoms with Crippen LogP contribution in [0.1, 0.15) is 42.0 Å². The van der Waals surface area contributed by atoms with Crippen LogP contribution in [0.2, 0.25) is 0 Å². The van der Waals surface area contributed by atoms with E-state index in [4.69, 9.17) is 0 Å². The van der Waals surface area contributed by atoms with Crippen molar-refractivity contribution in [3.63, 3.8) is 0 Å². The maximum absolute atomic E-state index is 13.3. The van der Waals surface area contributed by atoms with Crippen LogP contribution in [-0.2, 0) is 19.3 Å². The summed E-state index contributed by atoms with van der Waals surface area (Å²) < 4.78 is 44.2. The first-order valence-electron chi connectivity index (χ1n) is 11.2. The molecule has 2 aromatic heterocycles. The number of aromatic nitrogens is 2. The SMILES string of the molecule is CCn1cc(C(c2ccc(C(F)(F)F)cc2)c2cn(CC)c3ccccc23)c2ccccc21. The first kappa shape index (κ1) is 21.4. The Balaban J connectivity index is 1.80. The molecule has 5 aromatic rings. The summed E-state index contributed by atoms with van der Waals surface area (Å²) in [5.74, 6) is -0.192. The Labute approximate surface area is 190 Å². The number of halogens is 3. The summed E-state index contributed by atoms with van der Waals surface area (Å²) in [5.41, 5.74) is 4.69. The van der Waals surface area contributed by atoms with E-state index in [1.165, 1.54) is 12.1 Å². The van der Waals surface area contributed by atoms with Crippen LogP contribution in [0.5, 0.6) is 0 Å². The quantitative estimate of drug-likeness (QED) is 0.260. The van der Waals surface area contributed by atoms with Gasteiger partial charge in [-0.1, -0.05) is 48.5 Å². The zero-order valence-corrected chi connectivity index (χ0v) is 18.6. The number of benzene rings is 3. The molecular formula is C28H25F3N2. The van der Waals surface area contributed by atoms with E-state index in [2.05, 4.69) is 59.6 Å². The van der Waals surface area contributed by atoms with Crippen LogP contribution in [0.3, 0.4) is 0 Å². The summed E-state index contributed by atoms with van der Waals surface area (Å²) in [7, 11) is 0. The lowest BCUT2D eigenvalue weighted by molar-refractivity contribution is -0.137. The lowest BCUT2D eigenvalue weighted by Gasteiger charge is -2.18. The van der Waals surface area contributed by atoms with E-state index in [0.29, 0.717) is 0 Å². The van der Waals surface area contributed by atoms with E-state index in [1.807, 2.05) is 24.3 Å². The lowest BCUT2D eigenvalue weighted by Crippen LogP contribution is -2.07.